The van der Waals surface area contributed by atoms with Crippen LogP contribution in [0.2, 0.25) is 0 Å². The average Bonchev–Trinajstić information content (AvgIpc) is 2.20. The molecule has 4 amide bonds. The number of piperazine rings is 1. The first-order valence-corrected chi connectivity index (χ1v) is 5.76. The van der Waals surface area contributed by atoms with Crippen LogP contribution in [0.25, 0.3) is 0 Å². The molecule has 0 radical (unpaired) electrons. The number of carboxylic acids is 1. The number of hydrogen-bond acceptors (Lipinski definition) is 4. The van der Waals surface area contributed by atoms with Gasteiger partial charge in [-0.3, -0.25) is 19.7 Å². The van der Waals surface area contributed by atoms with Crippen molar-refractivity contribution >= 4 is 23.8 Å². The molecule has 0 bridgehead atoms. The summed E-state index contributed by atoms with van der Waals surface area (Å²) in [6.45, 7) is 4.36. The van der Waals surface area contributed by atoms with E-state index >= 15 is 0 Å². The number of carbonyl (C=O) groups is 4. The van der Waals surface area contributed by atoms with Crippen molar-refractivity contribution in [2.75, 3.05) is 6.54 Å². The second kappa shape index (κ2) is 5.25. The number of carboxylic acid groups (broad SMARTS) is 1. The molecular weight excluding hydrogens is 254 g/mol. The van der Waals surface area contributed by atoms with E-state index in [0.717, 1.165) is 4.90 Å². The Morgan fingerprint density at radius 1 is 1.47 bits per heavy atom. The zero-order chi connectivity index (χ0) is 14.8. The molecule has 0 aliphatic carbocycles. The summed E-state index contributed by atoms with van der Waals surface area (Å²) in [6, 6.07) is -1.42. The van der Waals surface area contributed by atoms with Crippen LogP contribution in [-0.4, -0.2) is 51.9 Å². The highest BCUT2D eigenvalue weighted by molar-refractivity contribution is 6.03. The molecule has 1 heterocycles. The Morgan fingerprint density at radius 2 is 2.05 bits per heavy atom. The minimum Gasteiger partial charge on any atom is -0.481 e. The first-order chi connectivity index (χ1) is 8.62. The van der Waals surface area contributed by atoms with Gasteiger partial charge in [-0.15, -0.1) is 0 Å². The summed E-state index contributed by atoms with van der Waals surface area (Å²) in [7, 11) is 0. The van der Waals surface area contributed by atoms with Crippen LogP contribution < -0.4 is 10.6 Å². The number of nitrogens with zero attached hydrogens (tertiary/aromatic N) is 1. The van der Waals surface area contributed by atoms with Crippen molar-refractivity contribution in [2.24, 2.45) is 0 Å². The fourth-order valence-corrected chi connectivity index (χ4v) is 1.75. The average molecular weight is 271 g/mol. The summed E-state index contributed by atoms with van der Waals surface area (Å²) in [5.41, 5.74) is -0.973. The van der Waals surface area contributed by atoms with Gasteiger partial charge in [-0.25, -0.2) is 4.79 Å². The third-order valence-corrected chi connectivity index (χ3v) is 2.72. The van der Waals surface area contributed by atoms with Crippen LogP contribution in [0, 0.1) is 0 Å². The molecule has 3 N–H and O–H groups in total. The van der Waals surface area contributed by atoms with Gasteiger partial charge in [-0.1, -0.05) is 0 Å². The molecule has 0 spiro atoms. The van der Waals surface area contributed by atoms with E-state index in [2.05, 4.69) is 10.6 Å². The van der Waals surface area contributed by atoms with Crippen LogP contribution >= 0.6 is 0 Å². The van der Waals surface area contributed by atoms with E-state index in [1.807, 2.05) is 0 Å². The molecule has 19 heavy (non-hydrogen) atoms. The number of aliphatic carboxylic acids is 1. The lowest BCUT2D eigenvalue weighted by Gasteiger charge is -2.34. The Balaban J connectivity index is 2.74. The Bertz CT molecular complexity index is 432. The normalized spacial score (nSPS) is 19.9. The molecule has 1 aliphatic rings. The van der Waals surface area contributed by atoms with Crippen LogP contribution in [0.15, 0.2) is 0 Å². The second-order valence-corrected chi connectivity index (χ2v) is 5.10. The maximum absolute atomic E-state index is 12.0. The zero-order valence-electron chi connectivity index (χ0n) is 11.0. The van der Waals surface area contributed by atoms with Crippen molar-refractivity contribution in [3.63, 3.8) is 0 Å². The third-order valence-electron chi connectivity index (χ3n) is 2.72. The molecule has 8 nitrogen and oxygen atoms in total. The van der Waals surface area contributed by atoms with Gasteiger partial charge in [0.2, 0.25) is 11.8 Å². The van der Waals surface area contributed by atoms with Gasteiger partial charge in [0.25, 0.3) is 0 Å². The van der Waals surface area contributed by atoms with Crippen LogP contribution in [0.5, 0.6) is 0 Å². The van der Waals surface area contributed by atoms with Gasteiger partial charge >= 0.3 is 12.0 Å². The van der Waals surface area contributed by atoms with E-state index in [-0.39, 0.29) is 13.0 Å². The molecule has 0 aromatic heterocycles. The van der Waals surface area contributed by atoms with Gasteiger partial charge in [0.15, 0.2) is 0 Å². The highest BCUT2D eigenvalue weighted by atomic mass is 16.4. The molecule has 0 aromatic carbocycles. The largest absolute Gasteiger partial charge is 0.481 e. The first kappa shape index (κ1) is 14.9. The summed E-state index contributed by atoms with van der Waals surface area (Å²) >= 11 is 0. The Labute approximate surface area is 110 Å². The van der Waals surface area contributed by atoms with E-state index in [0.29, 0.717) is 0 Å². The molecule has 1 rings (SSSR count). The number of imide groups is 1. The lowest BCUT2D eigenvalue weighted by atomic mass is 10.0. The van der Waals surface area contributed by atoms with Gasteiger partial charge in [0.05, 0.1) is 6.42 Å². The summed E-state index contributed by atoms with van der Waals surface area (Å²) in [5, 5.41) is 13.3. The number of nitrogens with one attached hydrogen (secondary N) is 2. The number of rotatable bonds is 3. The molecule has 106 valence electrons. The van der Waals surface area contributed by atoms with E-state index in [9.17, 15) is 19.2 Å². The van der Waals surface area contributed by atoms with Gasteiger partial charge in [0.1, 0.15) is 12.6 Å². The van der Waals surface area contributed by atoms with Crippen LogP contribution in [0.1, 0.15) is 27.2 Å². The lowest BCUT2D eigenvalue weighted by molar-refractivity contribution is -0.140. The number of hydrogen-bond donors (Lipinski definition) is 3. The quantitative estimate of drug-likeness (QED) is 0.587. The minimum absolute atomic E-state index is 0.234. The monoisotopic (exact) mass is 271 g/mol. The van der Waals surface area contributed by atoms with Crippen LogP contribution in [-0.2, 0) is 14.4 Å². The fraction of sp³-hybridized carbons (Fsp3) is 0.636. The van der Waals surface area contributed by atoms with E-state index in [1.165, 1.54) is 6.92 Å². The van der Waals surface area contributed by atoms with E-state index < -0.39 is 35.4 Å². The smallest absolute Gasteiger partial charge is 0.318 e. The molecule has 0 aromatic rings. The summed E-state index contributed by atoms with van der Waals surface area (Å²) in [6.07, 6.45) is -0.263. The van der Waals surface area contributed by atoms with Crippen molar-refractivity contribution in [3.8, 4) is 0 Å². The zero-order valence-corrected chi connectivity index (χ0v) is 11.0. The van der Waals surface area contributed by atoms with Crippen molar-refractivity contribution in [1.82, 2.24) is 15.5 Å². The minimum atomic E-state index is -1.05. The van der Waals surface area contributed by atoms with Gasteiger partial charge < -0.3 is 15.3 Å². The molecule has 1 unspecified atom stereocenters. The number of carbonyl (C=O) groups excluding carboxylic acids is 3. The summed E-state index contributed by atoms with van der Waals surface area (Å²) in [5.74, 6) is -2.16. The molecule has 1 atom stereocenters. The maximum Gasteiger partial charge on any atom is 0.318 e. The Kier molecular flexibility index (Phi) is 4.13. The van der Waals surface area contributed by atoms with Gasteiger partial charge in [-0.05, 0) is 20.8 Å². The van der Waals surface area contributed by atoms with Crippen molar-refractivity contribution in [1.29, 1.82) is 0 Å². The van der Waals surface area contributed by atoms with Crippen LogP contribution in [0.3, 0.4) is 0 Å². The van der Waals surface area contributed by atoms with E-state index in [4.69, 9.17) is 5.11 Å². The second-order valence-electron chi connectivity index (χ2n) is 5.10. The number of amides is 4. The highest BCUT2D eigenvalue weighted by Crippen LogP contribution is 2.11. The molecule has 1 fully saturated rings. The molecule has 8 heteroatoms. The van der Waals surface area contributed by atoms with Crippen LogP contribution in [0.4, 0.5) is 4.79 Å². The van der Waals surface area contributed by atoms with Gasteiger partial charge in [-0.2, -0.15) is 0 Å². The topological polar surface area (TPSA) is 116 Å². The van der Waals surface area contributed by atoms with E-state index in [1.54, 1.807) is 13.8 Å². The highest BCUT2D eigenvalue weighted by Gasteiger charge is 2.35. The van der Waals surface area contributed by atoms with Crippen molar-refractivity contribution < 1.29 is 24.3 Å². The molecule has 1 aliphatic heterocycles. The molecule has 1 saturated heterocycles. The Hall–Kier alpha value is -2.12. The summed E-state index contributed by atoms with van der Waals surface area (Å²) in [4.78, 5) is 46.4. The fourth-order valence-electron chi connectivity index (χ4n) is 1.75. The standard InChI is InChI=1S/C11H17N3O5/c1-6-9(18)12-7(15)5-14(6)10(19)13-11(2,3)4-8(16)17/h6H,4-5H2,1-3H3,(H,13,19)(H,16,17)(H,12,15,18). The van der Waals surface area contributed by atoms with Gasteiger partial charge in [0, 0.05) is 5.54 Å². The maximum atomic E-state index is 12.0. The lowest BCUT2D eigenvalue weighted by Crippen LogP contribution is -2.62. The molecular formula is C11H17N3O5. The predicted molar refractivity (Wildman–Crippen MR) is 64.2 cm³/mol. The Morgan fingerprint density at radius 3 is 2.58 bits per heavy atom. The van der Waals surface area contributed by atoms with Crippen molar-refractivity contribution in [2.45, 2.75) is 38.8 Å². The first-order valence-electron chi connectivity index (χ1n) is 5.76. The molecule has 0 saturated carbocycles. The third kappa shape index (κ3) is 3.94. The summed E-state index contributed by atoms with van der Waals surface area (Å²) < 4.78 is 0. The SMILES string of the molecule is CC1C(=O)NC(=O)CN1C(=O)NC(C)(C)CC(=O)O. The number of urea groups is 1. The van der Waals surface area contributed by atoms with Crippen molar-refractivity contribution in [3.05, 3.63) is 0 Å². The predicted octanol–water partition coefficient (Wildman–Crippen LogP) is -0.704.